The van der Waals surface area contributed by atoms with Crippen molar-refractivity contribution in [3.8, 4) is 5.75 Å². The van der Waals surface area contributed by atoms with Gasteiger partial charge in [0.15, 0.2) is 26.8 Å². The minimum atomic E-state index is -0.707. The van der Waals surface area contributed by atoms with Crippen LogP contribution in [0.1, 0.15) is 5.56 Å². The molecule has 1 aliphatic rings. The summed E-state index contributed by atoms with van der Waals surface area (Å²) < 4.78 is 9.92. The quantitative estimate of drug-likeness (QED) is 0.622. The fourth-order valence-electron chi connectivity index (χ4n) is 2.53. The van der Waals surface area contributed by atoms with Crippen molar-refractivity contribution in [1.29, 1.82) is 0 Å². The minimum absolute atomic E-state index is 0.126. The van der Waals surface area contributed by atoms with Crippen molar-refractivity contribution in [2.75, 3.05) is 0 Å². The lowest BCUT2D eigenvalue weighted by molar-refractivity contribution is 0.473. The lowest BCUT2D eigenvalue weighted by atomic mass is 9.98. The van der Waals surface area contributed by atoms with E-state index in [2.05, 4.69) is 6.46 Å². The van der Waals surface area contributed by atoms with E-state index < -0.39 is 21.3 Å². The van der Waals surface area contributed by atoms with Gasteiger partial charge in [0.2, 0.25) is 0 Å². The van der Waals surface area contributed by atoms with Gasteiger partial charge in [-0.3, -0.25) is 4.79 Å². The van der Waals surface area contributed by atoms with Crippen LogP contribution in [-0.4, -0.2) is 9.78 Å². The Morgan fingerprint density at radius 1 is 1.26 bits per heavy atom. The van der Waals surface area contributed by atoms with Gasteiger partial charge in [-0.25, -0.2) is 0 Å². The molecule has 0 spiro atoms. The highest BCUT2D eigenvalue weighted by Crippen LogP contribution is 2.32. The van der Waals surface area contributed by atoms with E-state index in [9.17, 15) is 9.90 Å². The van der Waals surface area contributed by atoms with Crippen molar-refractivity contribution < 1.29 is 5.11 Å². The molecule has 1 aromatic heterocycles. The number of aromatic hydroxyl groups is 1. The maximum absolute atomic E-state index is 12.4. The number of hydrogen-bond acceptors (Lipinski definition) is 4. The number of pyridine rings is 1. The molecule has 0 aliphatic carbocycles. The van der Waals surface area contributed by atoms with Gasteiger partial charge in [-0.1, -0.05) is 12.1 Å². The average molecular weight is 365 g/mol. The Morgan fingerprint density at radius 3 is 2.89 bits per heavy atom. The van der Waals surface area contributed by atoms with Gasteiger partial charge in [0.25, 0.3) is 5.56 Å². The number of phenolic OH excluding ortho intramolecular Hbond substituents is 1. The van der Waals surface area contributed by atoms with Crippen molar-refractivity contribution in [2.45, 2.75) is 6.92 Å². The third-order valence-electron chi connectivity index (χ3n) is 3.49. The molecule has 19 heavy (non-hydrogen) atoms. The number of hydrogen-bond donors (Lipinski definition) is 1. The molecule has 0 radical (unpaired) electrons. The van der Waals surface area contributed by atoms with Crippen molar-refractivity contribution in [3.63, 3.8) is 0 Å². The summed E-state index contributed by atoms with van der Waals surface area (Å²) in [5.74, 6) is 0.224. The van der Waals surface area contributed by atoms with E-state index in [0.717, 1.165) is 21.7 Å². The zero-order valence-corrected chi connectivity index (χ0v) is 12.0. The monoisotopic (exact) mass is 365 g/mol. The molecule has 94 valence electrons. The van der Waals surface area contributed by atoms with Gasteiger partial charge in [-0.2, -0.15) is 7.88 Å². The first-order valence-corrected chi connectivity index (χ1v) is 7.64. The highest BCUT2D eigenvalue weighted by molar-refractivity contribution is 14.1. The zero-order valence-electron chi connectivity index (χ0n) is 9.88. The van der Waals surface area contributed by atoms with Gasteiger partial charge >= 0.3 is 0 Å². The summed E-state index contributed by atoms with van der Waals surface area (Å²) in [6.45, 7) is 1.85. The van der Waals surface area contributed by atoms with Gasteiger partial charge in [-0.15, -0.1) is 3.25 Å². The number of nitrogens with zero attached hydrogens (tertiary/aromatic N) is 3. The van der Waals surface area contributed by atoms with E-state index in [4.69, 9.17) is 0 Å². The normalized spacial score (nSPS) is 13.5. The number of benzene rings is 2. The van der Waals surface area contributed by atoms with Crippen LogP contribution in [0.25, 0.3) is 21.5 Å². The van der Waals surface area contributed by atoms with Crippen LogP contribution in [0.3, 0.4) is 0 Å². The van der Waals surface area contributed by atoms with E-state index in [1.54, 1.807) is 12.1 Å². The first kappa shape index (κ1) is 11.0. The molecule has 4 rings (SSSR count). The lowest BCUT2D eigenvalue weighted by Crippen LogP contribution is -2.28. The predicted octanol–water partition coefficient (Wildman–Crippen LogP) is 2.35. The molecule has 0 bridgehead atoms. The molecule has 1 N–H and O–H groups in total. The molecule has 0 saturated heterocycles. The van der Waals surface area contributed by atoms with E-state index in [1.165, 1.54) is 4.68 Å². The minimum Gasteiger partial charge on any atom is -0.508 e. The smallest absolute Gasteiger partial charge is 0.281 e. The molecule has 0 saturated carbocycles. The van der Waals surface area contributed by atoms with Crippen LogP contribution in [0.4, 0.5) is 0 Å². The molecule has 5 nitrogen and oxygen atoms in total. The molecule has 0 unspecified atom stereocenters. The predicted molar refractivity (Wildman–Crippen MR) is 80.7 cm³/mol. The van der Waals surface area contributed by atoms with Crippen LogP contribution in [-0.2, 0) is 0 Å². The third-order valence-corrected chi connectivity index (χ3v) is 4.79. The molecular weight excluding hydrogens is 357 g/mol. The van der Waals surface area contributed by atoms with E-state index in [1.807, 2.05) is 19.1 Å². The van der Waals surface area contributed by atoms with Crippen LogP contribution < -0.4 is 11.0 Å². The number of phenols is 1. The molecule has 6 heteroatoms. The Labute approximate surface area is 117 Å². The van der Waals surface area contributed by atoms with Gasteiger partial charge < -0.3 is 5.11 Å². The van der Waals surface area contributed by atoms with Crippen molar-refractivity contribution in [2.24, 2.45) is 6.46 Å². The van der Waals surface area contributed by atoms with E-state index in [0.29, 0.717) is 10.9 Å². The van der Waals surface area contributed by atoms with Gasteiger partial charge in [0.05, 0.1) is 5.39 Å². The second-order valence-corrected chi connectivity index (χ2v) is 5.82. The summed E-state index contributed by atoms with van der Waals surface area (Å²) in [5, 5.41) is 13.2. The number of rotatable bonds is 0. The number of halogens is 1. The van der Waals surface area contributed by atoms with Crippen molar-refractivity contribution >= 4 is 42.9 Å². The molecular formula is C13H8IN3O2. The molecule has 1 aliphatic heterocycles. The molecule has 3 aromatic rings. The Hall–Kier alpha value is -1.83. The van der Waals surface area contributed by atoms with Crippen LogP contribution in [0.2, 0.25) is 0 Å². The van der Waals surface area contributed by atoms with Crippen LogP contribution in [0.5, 0.6) is 5.75 Å². The summed E-state index contributed by atoms with van der Waals surface area (Å²) in [6, 6.07) is 7.23. The molecule has 0 atom stereocenters. The number of fused-ring (bicyclic) bond motifs is 2. The molecule has 2 aromatic carbocycles. The first-order valence-electron chi connectivity index (χ1n) is 5.71. The first-order chi connectivity index (χ1) is 9.18. The Kier molecular flexibility index (Phi) is 2.09. The van der Waals surface area contributed by atoms with E-state index >= 15 is 0 Å². The largest absolute Gasteiger partial charge is 0.508 e. The van der Waals surface area contributed by atoms with Crippen molar-refractivity contribution in [3.05, 3.63) is 45.7 Å². The number of aromatic nitrogens is 1. The highest BCUT2D eigenvalue weighted by Gasteiger charge is 2.17. The Morgan fingerprint density at radius 2 is 2.05 bits per heavy atom. The standard InChI is InChI=1S/C13H8IN3O2/c1-6-7-3-2-4-8-11(7)9(5-10(6)18)12-15-14-16-17(12)13(8)19/h2-5,18H,1H3. The summed E-state index contributed by atoms with van der Waals surface area (Å²) in [7, 11) is 0. The van der Waals surface area contributed by atoms with E-state index in [-0.39, 0.29) is 11.3 Å². The summed E-state index contributed by atoms with van der Waals surface area (Å²) in [5.41, 5.74) is 1.24. The molecule has 2 heterocycles. The van der Waals surface area contributed by atoms with Gasteiger partial charge in [0, 0.05) is 10.8 Å². The maximum Gasteiger partial charge on any atom is 0.281 e. The second-order valence-electron chi connectivity index (χ2n) is 4.47. The zero-order chi connectivity index (χ0) is 13.1. The lowest BCUT2D eigenvalue weighted by Gasteiger charge is -2.10. The second kappa shape index (κ2) is 3.60. The van der Waals surface area contributed by atoms with Crippen LogP contribution >= 0.6 is 21.3 Å². The Bertz CT molecular complexity index is 1000. The molecule has 0 amide bonds. The Balaban J connectivity index is 2.50. The summed E-state index contributed by atoms with van der Waals surface area (Å²) >= 11 is -0.707. The number of aryl methyl sites for hydroxylation is 1. The van der Waals surface area contributed by atoms with Crippen LogP contribution in [0.15, 0.2) is 35.5 Å². The summed E-state index contributed by atoms with van der Waals surface area (Å²) in [6.07, 6.45) is 0. The van der Waals surface area contributed by atoms with Crippen LogP contribution in [0, 0.1) is 6.92 Å². The average Bonchev–Trinajstić information content (AvgIpc) is 2.90. The van der Waals surface area contributed by atoms with Crippen molar-refractivity contribution in [1.82, 2.24) is 4.68 Å². The fraction of sp³-hybridized carbons (Fsp3) is 0.0769. The fourth-order valence-corrected chi connectivity index (χ4v) is 3.89. The third kappa shape index (κ3) is 1.29. The van der Waals surface area contributed by atoms with Gasteiger partial charge in [-0.05, 0) is 30.0 Å². The molecule has 0 fully saturated rings. The topological polar surface area (TPSA) is 67.0 Å². The highest BCUT2D eigenvalue weighted by atomic mass is 127. The summed E-state index contributed by atoms with van der Waals surface area (Å²) in [4.78, 5) is 12.4. The SMILES string of the molecule is Cc1c(O)cc2c3n(c(=O)c4cccc1c42)N=IN=3. The van der Waals surface area contributed by atoms with Gasteiger partial charge in [0.1, 0.15) is 5.75 Å². The maximum atomic E-state index is 12.4.